The van der Waals surface area contributed by atoms with Crippen LogP contribution >= 0.6 is 0 Å². The molecule has 1 saturated carbocycles. The Labute approximate surface area is 242 Å². The van der Waals surface area contributed by atoms with Gasteiger partial charge < -0.3 is 28.8 Å². The molecule has 2 N–H and O–H groups in total. The van der Waals surface area contributed by atoms with Crippen molar-refractivity contribution in [2.75, 3.05) is 0 Å². The molecule has 230 valence electrons. The fraction of sp³-hybridized carbons (Fsp3) is 0.667. The molecule has 11 heteroatoms. The van der Waals surface area contributed by atoms with Gasteiger partial charge in [0.05, 0.1) is 5.92 Å². The van der Waals surface area contributed by atoms with Gasteiger partial charge in [0.15, 0.2) is 11.5 Å². The lowest BCUT2D eigenvalue weighted by Gasteiger charge is -2.35. The van der Waals surface area contributed by atoms with Crippen molar-refractivity contribution in [3.05, 3.63) is 23.8 Å². The molecule has 0 aliphatic heterocycles. The third kappa shape index (κ3) is 11.2. The minimum absolute atomic E-state index is 0.149. The first-order valence-electron chi connectivity index (χ1n) is 14.1. The summed E-state index contributed by atoms with van der Waals surface area (Å²) < 4.78 is 26.9. The van der Waals surface area contributed by atoms with E-state index in [4.69, 9.17) is 23.7 Å². The molecule has 0 heterocycles. The Bertz CT molecular complexity index is 1080. The average molecular weight is 580 g/mol. The van der Waals surface area contributed by atoms with Crippen LogP contribution in [0.5, 0.6) is 11.5 Å². The third-order valence-corrected chi connectivity index (χ3v) is 6.28. The monoisotopic (exact) mass is 579 g/mol. The molecule has 2 atom stereocenters. The molecule has 1 aromatic carbocycles. The molecule has 2 rings (SSSR count). The summed E-state index contributed by atoms with van der Waals surface area (Å²) in [4.78, 5) is 50.7. The van der Waals surface area contributed by atoms with Crippen LogP contribution < -0.4 is 14.8 Å². The molecule has 1 aromatic rings. The summed E-state index contributed by atoms with van der Waals surface area (Å²) >= 11 is 0. The molecule has 0 amide bonds. The Morgan fingerprint density at radius 3 is 1.90 bits per heavy atom. The van der Waals surface area contributed by atoms with Gasteiger partial charge in [-0.25, -0.2) is 14.4 Å². The van der Waals surface area contributed by atoms with Gasteiger partial charge in [-0.05, 0) is 85.4 Å². The summed E-state index contributed by atoms with van der Waals surface area (Å²) in [6.07, 6.45) is 2.25. The number of hydrogen-bond donors (Lipinski definition) is 2. The first kappa shape index (κ1) is 33.9. The SMILES string of the molecule is CCC(C)N[C@@](Cc1ccc(OC(=O)OC(C)(C)C)c(OC(=O)OC(C)(C)C)c1)(OC(=O)C1CCCCC1)C(=O)O. The summed E-state index contributed by atoms with van der Waals surface area (Å²) in [6.45, 7) is 13.6. The minimum Gasteiger partial charge on any atom is -0.477 e. The number of carbonyl (C=O) groups is 4. The molecule has 0 radical (unpaired) electrons. The second kappa shape index (κ2) is 14.0. The number of carbonyl (C=O) groups excluding carboxylic acids is 3. The van der Waals surface area contributed by atoms with E-state index in [1.54, 1.807) is 48.5 Å². The highest BCUT2D eigenvalue weighted by molar-refractivity contribution is 5.83. The van der Waals surface area contributed by atoms with Crippen molar-refractivity contribution in [2.24, 2.45) is 5.92 Å². The first-order valence-corrected chi connectivity index (χ1v) is 14.1. The molecule has 1 aliphatic carbocycles. The summed E-state index contributed by atoms with van der Waals surface area (Å²) in [6, 6.07) is 3.87. The van der Waals surface area contributed by atoms with Gasteiger partial charge in [0.2, 0.25) is 0 Å². The Morgan fingerprint density at radius 1 is 0.878 bits per heavy atom. The first-order chi connectivity index (χ1) is 18.9. The lowest BCUT2D eigenvalue weighted by atomic mass is 9.89. The maximum Gasteiger partial charge on any atom is 0.514 e. The van der Waals surface area contributed by atoms with Crippen LogP contribution in [0.3, 0.4) is 0 Å². The zero-order valence-corrected chi connectivity index (χ0v) is 25.5. The van der Waals surface area contributed by atoms with Crippen LogP contribution in [-0.2, 0) is 30.2 Å². The molecular weight excluding hydrogens is 534 g/mol. The van der Waals surface area contributed by atoms with Crippen LogP contribution in [-0.4, -0.2) is 52.3 Å². The molecule has 1 aliphatic rings. The predicted octanol–water partition coefficient (Wildman–Crippen LogP) is 6.15. The van der Waals surface area contributed by atoms with E-state index in [0.29, 0.717) is 24.8 Å². The highest BCUT2D eigenvalue weighted by Gasteiger charge is 2.45. The van der Waals surface area contributed by atoms with Crippen molar-refractivity contribution < 1.29 is 48.0 Å². The number of rotatable bonds is 10. The molecule has 0 aromatic heterocycles. The van der Waals surface area contributed by atoms with Crippen LogP contribution in [0.4, 0.5) is 9.59 Å². The van der Waals surface area contributed by atoms with Gasteiger partial charge >= 0.3 is 24.2 Å². The Kier molecular flexibility index (Phi) is 11.6. The molecule has 0 saturated heterocycles. The summed E-state index contributed by atoms with van der Waals surface area (Å²) in [5.41, 5.74) is -3.48. The average Bonchev–Trinajstić information content (AvgIpc) is 2.83. The summed E-state index contributed by atoms with van der Waals surface area (Å²) in [7, 11) is 0. The lowest BCUT2D eigenvalue weighted by molar-refractivity contribution is -0.188. The molecule has 1 unspecified atom stereocenters. The van der Waals surface area contributed by atoms with Crippen molar-refractivity contribution in [1.82, 2.24) is 5.32 Å². The van der Waals surface area contributed by atoms with Crippen LogP contribution in [0.15, 0.2) is 18.2 Å². The largest absolute Gasteiger partial charge is 0.514 e. The number of benzene rings is 1. The number of hydrogen-bond acceptors (Lipinski definition) is 10. The number of aliphatic carboxylic acids is 1. The van der Waals surface area contributed by atoms with E-state index in [1.807, 2.05) is 6.92 Å². The van der Waals surface area contributed by atoms with E-state index in [0.717, 1.165) is 19.3 Å². The number of esters is 1. The Hall–Kier alpha value is -3.34. The highest BCUT2D eigenvalue weighted by atomic mass is 16.8. The number of carboxylic acids is 1. The van der Waals surface area contributed by atoms with E-state index < -0.39 is 41.2 Å². The van der Waals surface area contributed by atoms with Crippen molar-refractivity contribution >= 4 is 24.2 Å². The highest BCUT2D eigenvalue weighted by Crippen LogP contribution is 2.33. The fourth-order valence-corrected chi connectivity index (χ4v) is 4.23. The standard InChI is InChI=1S/C30H45NO10/c1-9-19(2)31-30(25(33)34,39-24(32)21-13-11-10-12-14-21)18-20-15-16-22(37-26(35)40-28(3,4)5)23(17-20)38-27(36)41-29(6,7)8/h15-17,19,21,31H,9-14,18H2,1-8H3,(H,33,34)/t19?,30-/m0/s1. The van der Waals surface area contributed by atoms with E-state index in [1.165, 1.54) is 18.2 Å². The van der Waals surface area contributed by atoms with E-state index in [9.17, 15) is 24.3 Å². The maximum atomic E-state index is 13.1. The maximum absolute atomic E-state index is 13.1. The zero-order chi connectivity index (χ0) is 31.0. The number of nitrogens with one attached hydrogen (secondary N) is 1. The van der Waals surface area contributed by atoms with Gasteiger partial charge in [0.25, 0.3) is 5.72 Å². The minimum atomic E-state index is -2.10. The van der Waals surface area contributed by atoms with Gasteiger partial charge in [0, 0.05) is 12.5 Å². The second-order valence-electron chi connectivity index (χ2n) is 12.4. The van der Waals surface area contributed by atoms with Crippen molar-refractivity contribution in [1.29, 1.82) is 0 Å². The molecule has 41 heavy (non-hydrogen) atoms. The van der Waals surface area contributed by atoms with Crippen molar-refractivity contribution in [2.45, 2.75) is 123 Å². The van der Waals surface area contributed by atoms with Crippen molar-refractivity contribution in [3.63, 3.8) is 0 Å². The summed E-state index contributed by atoms with van der Waals surface area (Å²) in [5, 5.41) is 13.4. The quantitative estimate of drug-likeness (QED) is 0.142. The molecule has 11 nitrogen and oxygen atoms in total. The fourth-order valence-electron chi connectivity index (χ4n) is 4.23. The van der Waals surface area contributed by atoms with Crippen LogP contribution in [0.2, 0.25) is 0 Å². The van der Waals surface area contributed by atoms with Gasteiger partial charge in [-0.3, -0.25) is 10.1 Å². The second-order valence-corrected chi connectivity index (χ2v) is 12.4. The number of carboxylic acid groups (broad SMARTS) is 1. The predicted molar refractivity (Wildman–Crippen MR) is 150 cm³/mol. The van der Waals surface area contributed by atoms with Gasteiger partial charge in [0.1, 0.15) is 11.2 Å². The number of ether oxygens (including phenoxy) is 5. The normalized spacial score (nSPS) is 16.6. The van der Waals surface area contributed by atoms with E-state index in [2.05, 4.69) is 5.32 Å². The zero-order valence-electron chi connectivity index (χ0n) is 25.5. The third-order valence-electron chi connectivity index (χ3n) is 6.28. The van der Waals surface area contributed by atoms with Gasteiger partial charge in [-0.2, -0.15) is 0 Å². The Balaban J connectivity index is 2.47. The van der Waals surface area contributed by atoms with E-state index in [-0.39, 0.29) is 29.9 Å². The van der Waals surface area contributed by atoms with Gasteiger partial charge in [-0.15, -0.1) is 0 Å². The topological polar surface area (TPSA) is 147 Å². The van der Waals surface area contributed by atoms with Crippen LogP contribution in [0.1, 0.15) is 99.5 Å². The molecule has 0 spiro atoms. The van der Waals surface area contributed by atoms with Crippen LogP contribution in [0, 0.1) is 5.92 Å². The lowest BCUT2D eigenvalue weighted by Crippen LogP contribution is -2.60. The molecule has 0 bridgehead atoms. The summed E-state index contributed by atoms with van der Waals surface area (Å²) in [5.74, 6) is -2.67. The smallest absolute Gasteiger partial charge is 0.477 e. The van der Waals surface area contributed by atoms with Gasteiger partial charge in [-0.1, -0.05) is 32.3 Å². The van der Waals surface area contributed by atoms with Crippen molar-refractivity contribution in [3.8, 4) is 11.5 Å². The van der Waals surface area contributed by atoms with E-state index >= 15 is 0 Å². The van der Waals surface area contributed by atoms with Crippen LogP contribution in [0.25, 0.3) is 0 Å². The molecule has 1 fully saturated rings. The Morgan fingerprint density at radius 2 is 1.41 bits per heavy atom. The molecular formula is C30H45NO10.